The Balaban J connectivity index is 1.36. The maximum absolute atomic E-state index is 6.12. The number of benzene rings is 4. The van der Waals surface area contributed by atoms with E-state index >= 15 is 0 Å². The Kier molecular flexibility index (Phi) is 17.0. The Morgan fingerprint density at radius 2 is 0.471 bits per heavy atom. The van der Waals surface area contributed by atoms with Crippen molar-refractivity contribution in [2.75, 3.05) is 26.4 Å². The smallest absolute Gasteiger partial charge is 0.162 e. The first-order valence-electron chi connectivity index (χ1n) is 22.9. The summed E-state index contributed by atoms with van der Waals surface area (Å²) in [5.74, 6) is 27.3. The van der Waals surface area contributed by atoms with Gasteiger partial charge in [0.2, 0.25) is 0 Å². The van der Waals surface area contributed by atoms with Crippen LogP contribution in [0, 0.1) is 47.4 Å². The maximum Gasteiger partial charge on any atom is 0.162 e. The minimum absolute atomic E-state index is 0.577. The van der Waals surface area contributed by atoms with Gasteiger partial charge in [-0.1, -0.05) is 123 Å². The SMILES string of the molecule is CCCCOc1cc2c(cc1OCCCC)=C=C=C=C=c1cc3c(cc1=C=C=C=C=2)C#CC#Cc1cc2c(cc1C#CC#C3)=C=C=C=C=c1cc(OCCCC)c(OCCCC)cc1=C=C=C=C=2. The molecule has 4 nitrogen and oxygen atoms in total. The molecule has 0 atom stereocenters. The zero-order valence-corrected chi connectivity index (χ0v) is 38.7. The molecule has 0 radical (unpaired) electrons. The van der Waals surface area contributed by atoms with Crippen molar-refractivity contribution in [1.29, 1.82) is 0 Å². The van der Waals surface area contributed by atoms with Crippen LogP contribution in [0.25, 0.3) is 45.8 Å². The molecule has 0 spiro atoms. The molecule has 0 fully saturated rings. The Morgan fingerprint density at radius 1 is 0.279 bits per heavy atom. The average Bonchev–Trinajstić information content (AvgIpc) is 3.33. The van der Waals surface area contributed by atoms with Crippen molar-refractivity contribution >= 4 is 45.8 Å². The number of fused-ring (bicyclic) bond motifs is 6. The van der Waals surface area contributed by atoms with E-state index in [0.717, 1.165) is 51.4 Å². The van der Waals surface area contributed by atoms with Gasteiger partial charge in [-0.25, -0.2) is 0 Å². The molecule has 0 aliphatic heterocycles. The van der Waals surface area contributed by atoms with E-state index < -0.39 is 0 Å². The third kappa shape index (κ3) is 13.0. The predicted octanol–water partition coefficient (Wildman–Crippen LogP) is 5.45. The lowest BCUT2D eigenvalue weighted by Crippen LogP contribution is -2.24. The van der Waals surface area contributed by atoms with Gasteiger partial charge in [-0.05, 0) is 119 Å². The molecule has 0 heterocycles. The topological polar surface area (TPSA) is 36.9 Å². The van der Waals surface area contributed by atoms with Crippen LogP contribution in [0.3, 0.4) is 0 Å². The number of ether oxygens (including phenoxy) is 4. The summed E-state index contributed by atoms with van der Waals surface area (Å²) >= 11 is 0. The lowest BCUT2D eigenvalue weighted by Gasteiger charge is -2.12. The standard InChI is InChI=1S/C64H44O4/c1-5-9-37-65-61-45-57-33-21-17-29-53-41-49-25-13-14-27-51-43-55-31-19-23-35-59-47-63(67-39-11-7-3)64(68-40-12-8-4)48-60(59)36-24-20-32-56(55)44-52(51)28-16-15-26-50(49)42-54(53)30-18-22-34-58(57)46-62(61)66-38-10-6-2/h41-48H,5-12,37-40H2,1-4H3. The highest BCUT2D eigenvalue weighted by Crippen LogP contribution is 2.25. The van der Waals surface area contributed by atoms with Crippen molar-refractivity contribution in [3.05, 3.63) is 158 Å². The van der Waals surface area contributed by atoms with Gasteiger partial charge in [0.05, 0.1) is 26.4 Å². The van der Waals surface area contributed by atoms with E-state index in [4.69, 9.17) is 18.9 Å². The number of hydrogen-bond acceptors (Lipinski definition) is 4. The van der Waals surface area contributed by atoms with Gasteiger partial charge in [0.1, 0.15) is 0 Å². The zero-order chi connectivity index (χ0) is 47.2. The molecular weight excluding hydrogens is 833 g/mol. The van der Waals surface area contributed by atoms with Crippen LogP contribution in [-0.4, -0.2) is 26.4 Å². The predicted molar refractivity (Wildman–Crippen MR) is 267 cm³/mol. The lowest BCUT2D eigenvalue weighted by atomic mass is 10.0. The van der Waals surface area contributed by atoms with E-state index in [1.54, 1.807) is 0 Å². The molecular formula is C64H44O4. The van der Waals surface area contributed by atoms with Crippen LogP contribution in [0.5, 0.6) is 23.0 Å². The first-order chi connectivity index (χ1) is 33.6. The molecule has 0 saturated heterocycles. The molecule has 68 heavy (non-hydrogen) atoms. The Bertz CT molecular complexity index is 3540. The zero-order valence-electron chi connectivity index (χ0n) is 38.7. The van der Waals surface area contributed by atoms with Crippen molar-refractivity contribution in [1.82, 2.24) is 0 Å². The number of rotatable bonds is 16. The van der Waals surface area contributed by atoms with E-state index in [2.05, 4.69) is 167 Å². The summed E-state index contributed by atoms with van der Waals surface area (Å²) in [6, 6.07) is 14.9. The van der Waals surface area contributed by atoms with Crippen LogP contribution in [0.2, 0.25) is 0 Å². The molecule has 3 aliphatic rings. The molecule has 0 saturated carbocycles. The van der Waals surface area contributed by atoms with E-state index in [-0.39, 0.29) is 0 Å². The molecule has 3 aliphatic carbocycles. The third-order valence-electron chi connectivity index (χ3n) is 10.2. The number of hydrogen-bond donors (Lipinski definition) is 0. The first-order valence-corrected chi connectivity index (χ1v) is 22.9. The van der Waals surface area contributed by atoms with Gasteiger partial charge in [-0.3, -0.25) is 0 Å². The van der Waals surface area contributed by atoms with Crippen LogP contribution < -0.4 is 60.7 Å². The molecule has 4 aromatic rings. The summed E-state index contributed by atoms with van der Waals surface area (Å²) in [7, 11) is 0. The van der Waals surface area contributed by atoms with Crippen LogP contribution in [-0.2, 0) is 0 Å². The normalized spacial score (nSPS) is 10.8. The molecule has 7 rings (SSSR count). The second kappa shape index (κ2) is 24.8. The maximum atomic E-state index is 6.12. The van der Waals surface area contributed by atoms with Crippen LogP contribution >= 0.6 is 0 Å². The summed E-state index contributed by atoms with van der Waals surface area (Å²) in [4.78, 5) is 0. The van der Waals surface area contributed by atoms with Crippen molar-refractivity contribution in [2.24, 2.45) is 0 Å². The van der Waals surface area contributed by atoms with Crippen molar-refractivity contribution in [3.63, 3.8) is 0 Å². The molecule has 0 amide bonds. The fraction of sp³-hybridized carbons (Fsp3) is 0.250. The largest absolute Gasteiger partial charge is 0.490 e. The van der Waals surface area contributed by atoms with Gasteiger partial charge in [0, 0.05) is 88.3 Å². The third-order valence-corrected chi connectivity index (χ3v) is 10.2. The molecule has 0 bridgehead atoms. The Hall–Kier alpha value is -9.20. The molecule has 0 unspecified atom stereocenters. The molecule has 0 aromatic heterocycles. The van der Waals surface area contributed by atoms with Crippen molar-refractivity contribution in [2.45, 2.75) is 79.1 Å². The molecule has 4 heteroatoms. The van der Waals surface area contributed by atoms with Gasteiger partial charge < -0.3 is 18.9 Å². The van der Waals surface area contributed by atoms with Gasteiger partial charge >= 0.3 is 0 Å². The average molecular weight is 877 g/mol. The van der Waals surface area contributed by atoms with E-state index in [1.165, 1.54) is 0 Å². The number of unbranched alkanes of at least 4 members (excludes halogenated alkanes) is 4. The van der Waals surface area contributed by atoms with Crippen molar-refractivity contribution in [3.8, 4) is 70.4 Å². The summed E-state index contributed by atoms with van der Waals surface area (Å²) in [5.41, 5.74) is 52.0. The molecule has 4 aromatic carbocycles. The summed E-state index contributed by atoms with van der Waals surface area (Å²) in [6.07, 6.45) is 7.78. The van der Waals surface area contributed by atoms with Crippen LogP contribution in [0.4, 0.5) is 0 Å². The summed E-state index contributed by atoms with van der Waals surface area (Å²) in [5, 5.41) is 5.30. The highest BCUT2D eigenvalue weighted by molar-refractivity contribution is 5.60. The molecule has 324 valence electrons. The Labute approximate surface area is 397 Å². The second-order valence-electron chi connectivity index (χ2n) is 15.4. The summed E-state index contributed by atoms with van der Waals surface area (Å²) in [6.45, 7) is 10.8. The highest BCUT2D eigenvalue weighted by Gasteiger charge is 2.09. The Morgan fingerprint density at radius 3 is 0.662 bits per heavy atom. The van der Waals surface area contributed by atoms with E-state index in [0.29, 0.717) is 113 Å². The van der Waals surface area contributed by atoms with Crippen LogP contribution in [0.1, 0.15) is 101 Å². The van der Waals surface area contributed by atoms with Gasteiger partial charge in [-0.15, -0.1) is 0 Å². The van der Waals surface area contributed by atoms with Gasteiger partial charge in [0.25, 0.3) is 0 Å². The van der Waals surface area contributed by atoms with Gasteiger partial charge in [-0.2, -0.15) is 0 Å². The second-order valence-corrected chi connectivity index (χ2v) is 15.4. The quantitative estimate of drug-likeness (QED) is 0.0738. The van der Waals surface area contributed by atoms with Crippen molar-refractivity contribution < 1.29 is 18.9 Å². The minimum atomic E-state index is 0.577. The van der Waals surface area contributed by atoms with Gasteiger partial charge in [0.15, 0.2) is 23.0 Å². The summed E-state index contributed by atoms with van der Waals surface area (Å²) < 4.78 is 24.5. The highest BCUT2D eigenvalue weighted by atomic mass is 16.5. The van der Waals surface area contributed by atoms with E-state index in [9.17, 15) is 0 Å². The lowest BCUT2D eigenvalue weighted by molar-refractivity contribution is 0.261. The minimum Gasteiger partial charge on any atom is -0.490 e. The fourth-order valence-electron chi connectivity index (χ4n) is 6.50. The van der Waals surface area contributed by atoms with E-state index in [1.807, 2.05) is 48.5 Å². The monoisotopic (exact) mass is 876 g/mol. The van der Waals surface area contributed by atoms with Crippen LogP contribution in [0.15, 0.2) is 94.4 Å². The fourth-order valence-corrected chi connectivity index (χ4v) is 6.50. The molecule has 0 N–H and O–H groups in total. The first kappa shape index (κ1) is 46.8.